The van der Waals surface area contributed by atoms with Crippen LogP contribution >= 0.6 is 11.6 Å². The highest BCUT2D eigenvalue weighted by Gasteiger charge is 2.24. The first-order valence-electron chi connectivity index (χ1n) is 5.26. The van der Waals surface area contributed by atoms with Crippen LogP contribution < -0.4 is 10.6 Å². The summed E-state index contributed by atoms with van der Waals surface area (Å²) in [5.74, 6) is -0.354. The van der Waals surface area contributed by atoms with Crippen molar-refractivity contribution in [3.63, 3.8) is 0 Å². The van der Waals surface area contributed by atoms with Crippen LogP contribution in [0.2, 0.25) is 5.02 Å². The lowest BCUT2D eigenvalue weighted by Crippen LogP contribution is -2.36. The van der Waals surface area contributed by atoms with Gasteiger partial charge in [-0.25, -0.2) is 0 Å². The van der Waals surface area contributed by atoms with Crippen LogP contribution in [0.5, 0.6) is 0 Å². The Kier molecular flexibility index (Phi) is 3.28. The van der Waals surface area contributed by atoms with E-state index in [-0.39, 0.29) is 17.9 Å². The van der Waals surface area contributed by atoms with Gasteiger partial charge >= 0.3 is 0 Å². The maximum atomic E-state index is 11.9. The second kappa shape index (κ2) is 4.71. The number of hydrogen-bond donors (Lipinski definition) is 2. The van der Waals surface area contributed by atoms with Gasteiger partial charge < -0.3 is 10.6 Å². The summed E-state index contributed by atoms with van der Waals surface area (Å²) in [5.41, 5.74) is 1.08. The number of amides is 2. The molecule has 5 nitrogen and oxygen atoms in total. The van der Waals surface area contributed by atoms with Crippen LogP contribution in [-0.4, -0.2) is 29.4 Å². The molecular weight excluding hydrogens is 242 g/mol. The van der Waals surface area contributed by atoms with E-state index in [1.165, 1.54) is 6.20 Å². The number of halogens is 1. The molecule has 1 atom stereocenters. The van der Waals surface area contributed by atoms with Crippen LogP contribution in [0.3, 0.4) is 0 Å². The van der Waals surface area contributed by atoms with E-state index < -0.39 is 0 Å². The molecule has 2 amide bonds. The van der Waals surface area contributed by atoms with E-state index in [0.29, 0.717) is 23.6 Å². The van der Waals surface area contributed by atoms with E-state index in [0.717, 1.165) is 5.69 Å². The van der Waals surface area contributed by atoms with Gasteiger partial charge in [0.2, 0.25) is 5.91 Å². The molecule has 2 rings (SSSR count). The molecule has 1 aliphatic rings. The van der Waals surface area contributed by atoms with Crippen molar-refractivity contribution < 1.29 is 9.59 Å². The summed E-state index contributed by atoms with van der Waals surface area (Å²) in [7, 11) is 0. The number of pyridine rings is 1. The highest BCUT2D eigenvalue weighted by atomic mass is 35.5. The second-order valence-electron chi connectivity index (χ2n) is 3.98. The van der Waals surface area contributed by atoms with Crippen LogP contribution in [0.4, 0.5) is 0 Å². The first-order valence-corrected chi connectivity index (χ1v) is 5.64. The van der Waals surface area contributed by atoms with Crippen molar-refractivity contribution >= 4 is 23.4 Å². The molecule has 0 saturated carbocycles. The number of nitrogens with zero attached hydrogens (tertiary/aromatic N) is 1. The van der Waals surface area contributed by atoms with Crippen molar-refractivity contribution in [3.8, 4) is 0 Å². The monoisotopic (exact) mass is 253 g/mol. The summed E-state index contributed by atoms with van der Waals surface area (Å²) in [5, 5.41) is 5.75. The minimum Gasteiger partial charge on any atom is -0.354 e. The zero-order chi connectivity index (χ0) is 12.4. The standard InChI is InChI=1S/C11H12ClN3O2/c1-6-2-9(12)8(5-13-6)11(17)15-7-3-10(16)14-4-7/h2,5,7H,3-4H2,1H3,(H,14,16)(H,15,17). The number of aromatic nitrogens is 1. The summed E-state index contributed by atoms with van der Waals surface area (Å²) in [6, 6.07) is 1.46. The van der Waals surface area contributed by atoms with E-state index in [1.54, 1.807) is 13.0 Å². The minimum atomic E-state index is -0.302. The van der Waals surface area contributed by atoms with Crippen LogP contribution in [-0.2, 0) is 4.79 Å². The number of rotatable bonds is 2. The third-order valence-electron chi connectivity index (χ3n) is 2.55. The SMILES string of the molecule is Cc1cc(Cl)c(C(=O)NC2CNC(=O)C2)cn1. The maximum absolute atomic E-state index is 11.9. The van der Waals surface area contributed by atoms with Crippen LogP contribution in [0.15, 0.2) is 12.3 Å². The van der Waals surface area contributed by atoms with E-state index >= 15 is 0 Å². The Hall–Kier alpha value is -1.62. The molecule has 17 heavy (non-hydrogen) atoms. The third kappa shape index (κ3) is 2.74. The van der Waals surface area contributed by atoms with Gasteiger partial charge in [-0.05, 0) is 13.0 Å². The molecule has 0 aliphatic carbocycles. The predicted octanol–water partition coefficient (Wildman–Crippen LogP) is 0.662. The molecule has 1 aromatic rings. The Morgan fingerprint density at radius 1 is 1.65 bits per heavy atom. The molecule has 90 valence electrons. The van der Waals surface area contributed by atoms with Crippen LogP contribution in [0.25, 0.3) is 0 Å². The fourth-order valence-electron chi connectivity index (χ4n) is 1.66. The molecule has 6 heteroatoms. The van der Waals surface area contributed by atoms with Crippen LogP contribution in [0.1, 0.15) is 22.5 Å². The predicted molar refractivity (Wildman–Crippen MR) is 62.9 cm³/mol. The zero-order valence-corrected chi connectivity index (χ0v) is 10.0. The molecular formula is C11H12ClN3O2. The molecule has 1 unspecified atom stereocenters. The number of carbonyl (C=O) groups is 2. The fourth-order valence-corrected chi connectivity index (χ4v) is 1.96. The van der Waals surface area contributed by atoms with Crippen molar-refractivity contribution in [1.29, 1.82) is 0 Å². The molecule has 2 N–H and O–H groups in total. The van der Waals surface area contributed by atoms with Gasteiger partial charge in [-0.1, -0.05) is 11.6 Å². The van der Waals surface area contributed by atoms with Gasteiger partial charge in [0.25, 0.3) is 5.91 Å². The molecule has 1 fully saturated rings. The summed E-state index contributed by atoms with van der Waals surface area (Å²) in [4.78, 5) is 26.9. The summed E-state index contributed by atoms with van der Waals surface area (Å²) in [6.45, 7) is 2.26. The first kappa shape index (κ1) is 11.9. The Morgan fingerprint density at radius 3 is 3.00 bits per heavy atom. The molecule has 1 aromatic heterocycles. The topological polar surface area (TPSA) is 71.1 Å². The molecule has 2 heterocycles. The smallest absolute Gasteiger partial charge is 0.254 e. The zero-order valence-electron chi connectivity index (χ0n) is 9.29. The van der Waals surface area contributed by atoms with Crippen molar-refractivity contribution in [2.75, 3.05) is 6.54 Å². The summed E-state index contributed by atoms with van der Waals surface area (Å²) >= 11 is 5.96. The van der Waals surface area contributed by atoms with Gasteiger partial charge in [0.05, 0.1) is 16.6 Å². The van der Waals surface area contributed by atoms with Crippen LogP contribution in [0, 0.1) is 6.92 Å². The van der Waals surface area contributed by atoms with E-state index in [4.69, 9.17) is 11.6 Å². The lowest BCUT2D eigenvalue weighted by Gasteiger charge is -2.11. The van der Waals surface area contributed by atoms with Crippen molar-refractivity contribution in [2.24, 2.45) is 0 Å². The Morgan fingerprint density at radius 2 is 2.41 bits per heavy atom. The highest BCUT2D eigenvalue weighted by Crippen LogP contribution is 2.16. The second-order valence-corrected chi connectivity index (χ2v) is 4.39. The van der Waals surface area contributed by atoms with Crippen molar-refractivity contribution in [2.45, 2.75) is 19.4 Å². The Labute approximate surface area is 104 Å². The van der Waals surface area contributed by atoms with Gasteiger partial charge in [-0.3, -0.25) is 14.6 Å². The van der Waals surface area contributed by atoms with E-state index in [1.807, 2.05) is 0 Å². The Bertz CT molecular complexity index is 476. The molecule has 0 aromatic carbocycles. The normalized spacial score (nSPS) is 18.9. The number of carbonyl (C=O) groups excluding carboxylic acids is 2. The maximum Gasteiger partial charge on any atom is 0.254 e. The molecule has 0 bridgehead atoms. The number of hydrogen-bond acceptors (Lipinski definition) is 3. The fraction of sp³-hybridized carbons (Fsp3) is 0.364. The lowest BCUT2D eigenvalue weighted by molar-refractivity contribution is -0.119. The molecule has 1 saturated heterocycles. The van der Waals surface area contributed by atoms with Crippen molar-refractivity contribution in [3.05, 3.63) is 28.5 Å². The summed E-state index contributed by atoms with van der Waals surface area (Å²) < 4.78 is 0. The van der Waals surface area contributed by atoms with Gasteiger partial charge in [0, 0.05) is 24.9 Å². The van der Waals surface area contributed by atoms with Gasteiger partial charge in [0.1, 0.15) is 0 Å². The minimum absolute atomic E-state index is 0.0524. The number of nitrogens with one attached hydrogen (secondary N) is 2. The van der Waals surface area contributed by atoms with Gasteiger partial charge in [-0.2, -0.15) is 0 Å². The van der Waals surface area contributed by atoms with Gasteiger partial charge in [-0.15, -0.1) is 0 Å². The van der Waals surface area contributed by atoms with E-state index in [9.17, 15) is 9.59 Å². The molecule has 0 radical (unpaired) electrons. The molecule has 0 spiro atoms. The third-order valence-corrected chi connectivity index (χ3v) is 2.86. The van der Waals surface area contributed by atoms with E-state index in [2.05, 4.69) is 15.6 Å². The largest absolute Gasteiger partial charge is 0.354 e. The quantitative estimate of drug-likeness (QED) is 0.814. The average Bonchev–Trinajstić information content (AvgIpc) is 2.63. The first-order chi connectivity index (χ1) is 8.06. The average molecular weight is 254 g/mol. The summed E-state index contributed by atoms with van der Waals surface area (Å²) in [6.07, 6.45) is 1.75. The molecule has 1 aliphatic heterocycles. The van der Waals surface area contributed by atoms with Crippen molar-refractivity contribution in [1.82, 2.24) is 15.6 Å². The highest BCUT2D eigenvalue weighted by molar-refractivity contribution is 6.33. The lowest BCUT2D eigenvalue weighted by atomic mass is 10.2. The Balaban J connectivity index is 2.07. The van der Waals surface area contributed by atoms with Gasteiger partial charge in [0.15, 0.2) is 0 Å². The number of aryl methyl sites for hydroxylation is 1.